The highest BCUT2D eigenvalue weighted by atomic mass is 79.9. The first-order valence-corrected chi connectivity index (χ1v) is 7.99. The Morgan fingerprint density at radius 3 is 2.40 bits per heavy atom. The van der Waals surface area contributed by atoms with Crippen LogP contribution in [0.15, 0.2) is 42.5 Å². The average Bonchev–Trinajstić information content (AvgIpc) is 2.45. The molecule has 2 aromatic rings. The first-order chi connectivity index (χ1) is 9.60. The van der Waals surface area contributed by atoms with Gasteiger partial charge in [0.05, 0.1) is 7.11 Å². The highest BCUT2D eigenvalue weighted by Crippen LogP contribution is 2.34. The lowest BCUT2D eigenvalue weighted by Crippen LogP contribution is -1.95. The van der Waals surface area contributed by atoms with Crippen LogP contribution in [0.2, 0.25) is 10.0 Å². The average molecular weight is 374 g/mol. The fourth-order valence-corrected chi connectivity index (χ4v) is 3.30. The van der Waals surface area contributed by atoms with Crippen molar-refractivity contribution in [1.29, 1.82) is 0 Å². The second kappa shape index (κ2) is 7.35. The molecule has 2 rings (SSSR count). The van der Waals surface area contributed by atoms with Crippen LogP contribution in [0.3, 0.4) is 0 Å². The predicted molar refractivity (Wildman–Crippen MR) is 89.4 cm³/mol. The monoisotopic (exact) mass is 372 g/mol. The van der Waals surface area contributed by atoms with Gasteiger partial charge >= 0.3 is 0 Å². The maximum atomic E-state index is 6.21. The van der Waals surface area contributed by atoms with Crippen molar-refractivity contribution in [2.24, 2.45) is 0 Å². The van der Waals surface area contributed by atoms with Gasteiger partial charge in [-0.05, 0) is 48.2 Å². The number of ether oxygens (including phenoxy) is 1. The molecular formula is C16H15BrCl2O. The van der Waals surface area contributed by atoms with E-state index in [1.165, 1.54) is 5.56 Å². The maximum Gasteiger partial charge on any atom is 0.118 e. The number of rotatable bonds is 5. The molecule has 0 aliphatic carbocycles. The van der Waals surface area contributed by atoms with Gasteiger partial charge in [-0.15, -0.1) is 0 Å². The normalized spacial score (nSPS) is 12.2. The predicted octanol–water partition coefficient (Wildman–Crippen LogP) is 6.07. The van der Waals surface area contributed by atoms with Gasteiger partial charge in [-0.3, -0.25) is 0 Å². The third-order valence-corrected chi connectivity index (χ3v) is 4.66. The Hall–Kier alpha value is -0.700. The summed E-state index contributed by atoms with van der Waals surface area (Å²) in [5.74, 6) is 0.880. The third-order valence-electron chi connectivity index (χ3n) is 3.15. The third kappa shape index (κ3) is 4.15. The van der Waals surface area contributed by atoms with Gasteiger partial charge in [-0.2, -0.15) is 0 Å². The summed E-state index contributed by atoms with van der Waals surface area (Å²) < 4.78 is 5.15. The van der Waals surface area contributed by atoms with Crippen LogP contribution in [0, 0.1) is 0 Å². The molecule has 0 bridgehead atoms. The lowest BCUT2D eigenvalue weighted by Gasteiger charge is -2.12. The van der Waals surface area contributed by atoms with Gasteiger partial charge in [-0.25, -0.2) is 0 Å². The molecule has 106 valence electrons. The van der Waals surface area contributed by atoms with E-state index in [4.69, 9.17) is 27.9 Å². The molecule has 0 spiro atoms. The van der Waals surface area contributed by atoms with E-state index in [1.807, 2.05) is 24.3 Å². The molecule has 1 nitrogen and oxygen atoms in total. The van der Waals surface area contributed by atoms with E-state index < -0.39 is 0 Å². The molecule has 0 saturated carbocycles. The molecule has 0 aromatic heterocycles. The summed E-state index contributed by atoms with van der Waals surface area (Å²) >= 11 is 15.8. The molecule has 1 atom stereocenters. The van der Waals surface area contributed by atoms with Crippen LogP contribution in [0.25, 0.3) is 0 Å². The van der Waals surface area contributed by atoms with Crippen LogP contribution >= 0.6 is 39.1 Å². The summed E-state index contributed by atoms with van der Waals surface area (Å²) in [6.45, 7) is 0. The van der Waals surface area contributed by atoms with Crippen LogP contribution < -0.4 is 4.74 Å². The van der Waals surface area contributed by atoms with Crippen molar-refractivity contribution in [1.82, 2.24) is 0 Å². The number of hydrogen-bond donors (Lipinski definition) is 0. The summed E-state index contributed by atoms with van der Waals surface area (Å²) in [6.07, 6.45) is 1.94. The molecule has 0 fully saturated rings. The second-order valence-electron chi connectivity index (χ2n) is 4.52. The van der Waals surface area contributed by atoms with Crippen LogP contribution in [0.1, 0.15) is 22.4 Å². The van der Waals surface area contributed by atoms with E-state index in [1.54, 1.807) is 13.2 Å². The number of aryl methyl sites for hydroxylation is 1. The van der Waals surface area contributed by atoms with E-state index >= 15 is 0 Å². The highest BCUT2D eigenvalue weighted by Gasteiger charge is 2.12. The van der Waals surface area contributed by atoms with Crippen molar-refractivity contribution >= 4 is 39.1 Å². The van der Waals surface area contributed by atoms with E-state index in [2.05, 4.69) is 28.1 Å². The Morgan fingerprint density at radius 1 is 1.10 bits per heavy atom. The standard InChI is InChI=1S/C16H15BrCl2O/c1-20-13-6-2-11(3-7-13)4-9-15(17)14-8-5-12(18)10-16(14)19/h2-3,5-8,10,15H,4,9H2,1H3. The number of methoxy groups -OCH3 is 1. The molecule has 0 aliphatic rings. The zero-order valence-corrected chi connectivity index (χ0v) is 14.2. The molecule has 0 radical (unpaired) electrons. The Balaban J connectivity index is 1.98. The summed E-state index contributed by atoms with van der Waals surface area (Å²) in [4.78, 5) is 0.217. The SMILES string of the molecule is COc1ccc(CCC(Br)c2ccc(Cl)cc2Cl)cc1. The molecular weight excluding hydrogens is 359 g/mol. The smallest absolute Gasteiger partial charge is 0.118 e. The summed E-state index contributed by atoms with van der Waals surface area (Å²) in [5, 5.41) is 1.36. The first kappa shape index (κ1) is 15.7. The summed E-state index contributed by atoms with van der Waals surface area (Å²) in [6, 6.07) is 13.7. The van der Waals surface area contributed by atoms with Crippen molar-refractivity contribution in [2.75, 3.05) is 7.11 Å². The van der Waals surface area contributed by atoms with Crippen molar-refractivity contribution in [3.8, 4) is 5.75 Å². The van der Waals surface area contributed by atoms with E-state index in [0.29, 0.717) is 10.0 Å². The minimum absolute atomic E-state index is 0.217. The highest BCUT2D eigenvalue weighted by molar-refractivity contribution is 9.09. The largest absolute Gasteiger partial charge is 0.497 e. The lowest BCUT2D eigenvalue weighted by atomic mass is 10.0. The van der Waals surface area contributed by atoms with Crippen LogP contribution in [0.4, 0.5) is 0 Å². The minimum atomic E-state index is 0.217. The van der Waals surface area contributed by atoms with Gasteiger partial charge in [0.2, 0.25) is 0 Å². The summed E-state index contributed by atoms with van der Waals surface area (Å²) in [5.41, 5.74) is 2.35. The first-order valence-electron chi connectivity index (χ1n) is 6.32. The number of halogens is 3. The Morgan fingerprint density at radius 2 is 1.80 bits per heavy atom. The minimum Gasteiger partial charge on any atom is -0.497 e. The van der Waals surface area contributed by atoms with Gasteiger partial charge in [0.25, 0.3) is 0 Å². The van der Waals surface area contributed by atoms with Crippen LogP contribution in [-0.2, 0) is 6.42 Å². The van der Waals surface area contributed by atoms with Crippen molar-refractivity contribution in [3.63, 3.8) is 0 Å². The maximum absolute atomic E-state index is 6.21. The van der Waals surface area contributed by atoms with Crippen LogP contribution in [0.5, 0.6) is 5.75 Å². The molecule has 0 heterocycles. The Bertz CT molecular complexity index is 569. The zero-order valence-electron chi connectivity index (χ0n) is 11.1. The summed E-state index contributed by atoms with van der Waals surface area (Å²) in [7, 11) is 1.67. The number of benzene rings is 2. The fourth-order valence-electron chi connectivity index (χ4n) is 2.00. The molecule has 0 amide bonds. The molecule has 2 aromatic carbocycles. The number of alkyl halides is 1. The van der Waals surface area contributed by atoms with Crippen LogP contribution in [-0.4, -0.2) is 7.11 Å². The van der Waals surface area contributed by atoms with Gasteiger partial charge in [0.15, 0.2) is 0 Å². The Kier molecular flexibility index (Phi) is 5.76. The van der Waals surface area contributed by atoms with E-state index in [0.717, 1.165) is 24.2 Å². The topological polar surface area (TPSA) is 9.23 Å². The molecule has 0 saturated heterocycles. The van der Waals surface area contributed by atoms with E-state index in [-0.39, 0.29) is 4.83 Å². The molecule has 4 heteroatoms. The van der Waals surface area contributed by atoms with Gasteiger partial charge in [0, 0.05) is 14.9 Å². The van der Waals surface area contributed by atoms with Crippen molar-refractivity contribution in [2.45, 2.75) is 17.7 Å². The lowest BCUT2D eigenvalue weighted by molar-refractivity contribution is 0.414. The zero-order chi connectivity index (χ0) is 14.5. The molecule has 1 unspecified atom stereocenters. The van der Waals surface area contributed by atoms with E-state index in [9.17, 15) is 0 Å². The van der Waals surface area contributed by atoms with Crippen molar-refractivity contribution < 1.29 is 4.74 Å². The van der Waals surface area contributed by atoms with Gasteiger partial charge in [-0.1, -0.05) is 57.3 Å². The second-order valence-corrected chi connectivity index (χ2v) is 6.47. The molecule has 0 aliphatic heterocycles. The molecule has 20 heavy (non-hydrogen) atoms. The van der Waals surface area contributed by atoms with Gasteiger partial charge < -0.3 is 4.74 Å². The number of hydrogen-bond acceptors (Lipinski definition) is 1. The van der Waals surface area contributed by atoms with Crippen molar-refractivity contribution in [3.05, 3.63) is 63.6 Å². The molecule has 0 N–H and O–H groups in total. The fraction of sp³-hybridized carbons (Fsp3) is 0.250. The van der Waals surface area contributed by atoms with Gasteiger partial charge in [0.1, 0.15) is 5.75 Å². The Labute approximate surface area is 138 Å². The quantitative estimate of drug-likeness (QED) is 0.577.